The van der Waals surface area contributed by atoms with Crippen LogP contribution in [0.5, 0.6) is 11.5 Å². The Kier molecular flexibility index (Phi) is 7.83. The molecule has 0 aliphatic carbocycles. The van der Waals surface area contributed by atoms with Crippen molar-refractivity contribution in [2.24, 2.45) is 0 Å². The summed E-state index contributed by atoms with van der Waals surface area (Å²) in [5.41, 5.74) is 1.09. The van der Waals surface area contributed by atoms with E-state index in [-0.39, 0.29) is 12.1 Å². The van der Waals surface area contributed by atoms with Gasteiger partial charge in [0, 0.05) is 6.54 Å². The van der Waals surface area contributed by atoms with Gasteiger partial charge >= 0.3 is 12.0 Å². The summed E-state index contributed by atoms with van der Waals surface area (Å²) in [6.07, 6.45) is 0. The summed E-state index contributed by atoms with van der Waals surface area (Å²) >= 11 is 0. The van der Waals surface area contributed by atoms with Gasteiger partial charge in [0.05, 0.1) is 19.3 Å². The fourth-order valence-corrected chi connectivity index (χ4v) is 2.27. The van der Waals surface area contributed by atoms with Crippen LogP contribution in [0.4, 0.5) is 4.79 Å². The van der Waals surface area contributed by atoms with Crippen molar-refractivity contribution in [2.45, 2.75) is 13.5 Å². The zero-order valence-corrected chi connectivity index (χ0v) is 15.7. The van der Waals surface area contributed by atoms with Gasteiger partial charge in [0.2, 0.25) is 0 Å². The zero-order valence-electron chi connectivity index (χ0n) is 15.7. The van der Waals surface area contributed by atoms with Gasteiger partial charge in [0.1, 0.15) is 0 Å². The molecule has 0 unspecified atom stereocenters. The largest absolute Gasteiger partial charge is 0.493 e. The molecular weight excluding hydrogens is 364 g/mol. The number of rotatable bonds is 8. The number of carbonyl (C=O) groups excluding carboxylic acids is 3. The molecule has 2 rings (SSSR count). The summed E-state index contributed by atoms with van der Waals surface area (Å²) in [7, 11) is 1.49. The quantitative estimate of drug-likeness (QED) is 0.675. The van der Waals surface area contributed by atoms with Crippen molar-refractivity contribution in [1.82, 2.24) is 10.6 Å². The van der Waals surface area contributed by atoms with Crippen LogP contribution in [0.15, 0.2) is 48.5 Å². The summed E-state index contributed by atoms with van der Waals surface area (Å²) in [4.78, 5) is 35.6. The molecule has 0 spiro atoms. The molecule has 3 amide bonds. The van der Waals surface area contributed by atoms with Gasteiger partial charge in [0.25, 0.3) is 5.91 Å². The topological polar surface area (TPSA) is 103 Å². The maximum absolute atomic E-state index is 12.1. The monoisotopic (exact) mass is 386 g/mol. The highest BCUT2D eigenvalue weighted by molar-refractivity contribution is 5.97. The molecule has 0 fully saturated rings. The number of hydrogen-bond acceptors (Lipinski definition) is 6. The molecule has 0 aliphatic rings. The minimum Gasteiger partial charge on any atom is -0.493 e. The van der Waals surface area contributed by atoms with E-state index >= 15 is 0 Å². The fraction of sp³-hybridized carbons (Fsp3) is 0.250. The number of imide groups is 1. The standard InChI is InChI=1S/C20H22N2O6/c1-3-27-17-11-15(9-10-16(17)26-2)19(24)28-13-18(23)22-20(25)21-12-14-7-5-4-6-8-14/h4-11H,3,12-13H2,1-2H3,(H2,21,22,23,25). The van der Waals surface area contributed by atoms with Crippen molar-refractivity contribution >= 4 is 17.9 Å². The van der Waals surface area contributed by atoms with E-state index in [1.165, 1.54) is 19.2 Å². The predicted octanol–water partition coefficient (Wildman–Crippen LogP) is 2.28. The first-order chi connectivity index (χ1) is 13.5. The summed E-state index contributed by atoms with van der Waals surface area (Å²) in [6.45, 7) is 1.88. The van der Waals surface area contributed by atoms with E-state index in [0.717, 1.165) is 5.56 Å². The van der Waals surface area contributed by atoms with Crippen molar-refractivity contribution in [1.29, 1.82) is 0 Å². The minimum atomic E-state index is -0.738. The summed E-state index contributed by atoms with van der Waals surface area (Å²) in [6, 6.07) is 13.1. The molecular formula is C20H22N2O6. The van der Waals surface area contributed by atoms with Gasteiger partial charge in [-0.25, -0.2) is 9.59 Å². The van der Waals surface area contributed by atoms with E-state index in [0.29, 0.717) is 18.1 Å². The van der Waals surface area contributed by atoms with E-state index in [2.05, 4.69) is 10.6 Å². The molecule has 0 heterocycles. The Labute approximate surface area is 162 Å². The van der Waals surface area contributed by atoms with Crippen molar-refractivity contribution in [3.63, 3.8) is 0 Å². The van der Waals surface area contributed by atoms with E-state index in [9.17, 15) is 14.4 Å². The van der Waals surface area contributed by atoms with Crippen LogP contribution in [0.2, 0.25) is 0 Å². The second kappa shape index (κ2) is 10.6. The van der Waals surface area contributed by atoms with Crippen molar-refractivity contribution in [2.75, 3.05) is 20.3 Å². The molecule has 0 saturated carbocycles. The van der Waals surface area contributed by atoms with E-state index in [4.69, 9.17) is 14.2 Å². The number of esters is 1. The van der Waals surface area contributed by atoms with Crippen LogP contribution >= 0.6 is 0 Å². The van der Waals surface area contributed by atoms with Gasteiger partial charge in [-0.05, 0) is 30.7 Å². The van der Waals surface area contributed by atoms with Crippen LogP contribution < -0.4 is 20.1 Å². The maximum atomic E-state index is 12.1. The number of carbonyl (C=O) groups is 3. The Balaban J connectivity index is 1.80. The Morgan fingerprint density at radius 1 is 1.00 bits per heavy atom. The number of benzene rings is 2. The van der Waals surface area contributed by atoms with Crippen LogP contribution in [0.3, 0.4) is 0 Å². The maximum Gasteiger partial charge on any atom is 0.338 e. The number of nitrogens with one attached hydrogen (secondary N) is 2. The second-order valence-corrected chi connectivity index (χ2v) is 5.59. The number of methoxy groups -OCH3 is 1. The van der Waals surface area contributed by atoms with Crippen LogP contribution in [0.1, 0.15) is 22.8 Å². The van der Waals surface area contributed by atoms with Crippen LogP contribution in [-0.4, -0.2) is 38.2 Å². The van der Waals surface area contributed by atoms with Gasteiger partial charge < -0.3 is 19.5 Å². The van der Waals surface area contributed by atoms with Gasteiger partial charge in [-0.1, -0.05) is 30.3 Å². The first-order valence-corrected chi connectivity index (χ1v) is 8.63. The lowest BCUT2D eigenvalue weighted by atomic mass is 10.2. The average molecular weight is 386 g/mol. The number of ether oxygens (including phenoxy) is 3. The lowest BCUT2D eigenvalue weighted by Gasteiger charge is -2.11. The third-order valence-electron chi connectivity index (χ3n) is 3.58. The van der Waals surface area contributed by atoms with Crippen molar-refractivity contribution in [3.05, 3.63) is 59.7 Å². The number of urea groups is 1. The Hall–Kier alpha value is -3.55. The van der Waals surface area contributed by atoms with E-state index in [1.54, 1.807) is 13.0 Å². The van der Waals surface area contributed by atoms with Gasteiger partial charge in [-0.3, -0.25) is 10.1 Å². The molecule has 0 radical (unpaired) electrons. The summed E-state index contributed by atoms with van der Waals surface area (Å²) in [5, 5.41) is 4.64. The normalized spacial score (nSPS) is 9.93. The highest BCUT2D eigenvalue weighted by atomic mass is 16.5. The molecule has 2 N–H and O–H groups in total. The predicted molar refractivity (Wildman–Crippen MR) is 101 cm³/mol. The molecule has 8 heteroatoms. The van der Waals surface area contributed by atoms with Crippen molar-refractivity contribution < 1.29 is 28.6 Å². The molecule has 0 aliphatic heterocycles. The van der Waals surface area contributed by atoms with Crippen LogP contribution in [-0.2, 0) is 16.1 Å². The molecule has 2 aromatic rings. The molecule has 0 aromatic heterocycles. The third kappa shape index (κ3) is 6.31. The molecule has 0 atom stereocenters. The highest BCUT2D eigenvalue weighted by Gasteiger charge is 2.15. The molecule has 148 valence electrons. The summed E-state index contributed by atoms with van der Waals surface area (Å²) in [5.74, 6) is -0.587. The van der Waals surface area contributed by atoms with E-state index in [1.807, 2.05) is 30.3 Å². The Morgan fingerprint density at radius 3 is 2.43 bits per heavy atom. The number of hydrogen-bond donors (Lipinski definition) is 2. The smallest absolute Gasteiger partial charge is 0.338 e. The minimum absolute atomic E-state index is 0.200. The third-order valence-corrected chi connectivity index (χ3v) is 3.58. The van der Waals surface area contributed by atoms with Gasteiger partial charge in [-0.2, -0.15) is 0 Å². The molecule has 0 bridgehead atoms. The lowest BCUT2D eigenvalue weighted by molar-refractivity contribution is -0.123. The first-order valence-electron chi connectivity index (χ1n) is 8.63. The van der Waals surface area contributed by atoms with Crippen LogP contribution in [0, 0.1) is 0 Å². The number of amides is 3. The SMILES string of the molecule is CCOc1cc(C(=O)OCC(=O)NC(=O)NCc2ccccc2)ccc1OC. The van der Waals surface area contributed by atoms with E-state index < -0.39 is 24.5 Å². The Morgan fingerprint density at radius 2 is 1.75 bits per heavy atom. The first kappa shape index (κ1) is 20.8. The second-order valence-electron chi connectivity index (χ2n) is 5.59. The molecule has 2 aromatic carbocycles. The van der Waals surface area contributed by atoms with Crippen molar-refractivity contribution in [3.8, 4) is 11.5 Å². The van der Waals surface area contributed by atoms with Gasteiger partial charge in [0.15, 0.2) is 18.1 Å². The van der Waals surface area contributed by atoms with Crippen LogP contribution in [0.25, 0.3) is 0 Å². The average Bonchev–Trinajstić information content (AvgIpc) is 2.71. The van der Waals surface area contributed by atoms with Gasteiger partial charge in [-0.15, -0.1) is 0 Å². The zero-order chi connectivity index (χ0) is 20.4. The molecule has 0 saturated heterocycles. The molecule has 28 heavy (non-hydrogen) atoms. The lowest BCUT2D eigenvalue weighted by Crippen LogP contribution is -2.41. The Bertz CT molecular complexity index is 823. The fourth-order valence-electron chi connectivity index (χ4n) is 2.27. The molecule has 8 nitrogen and oxygen atoms in total. The summed E-state index contributed by atoms with van der Waals surface area (Å²) < 4.78 is 15.5. The highest BCUT2D eigenvalue weighted by Crippen LogP contribution is 2.28.